The highest BCUT2D eigenvalue weighted by molar-refractivity contribution is 8.00. The van der Waals surface area contributed by atoms with Crippen molar-refractivity contribution in [1.82, 2.24) is 9.55 Å². The Morgan fingerprint density at radius 2 is 2.04 bits per heavy atom. The maximum atomic E-state index is 13.5. The highest BCUT2D eigenvalue weighted by Gasteiger charge is 2.23. The number of hydrogen-bond acceptors (Lipinski definition) is 6. The van der Waals surface area contributed by atoms with Crippen molar-refractivity contribution in [3.63, 3.8) is 0 Å². The summed E-state index contributed by atoms with van der Waals surface area (Å²) in [5, 5.41) is 10.3. The third-order valence-electron chi connectivity index (χ3n) is 4.75. The first-order chi connectivity index (χ1) is 13.1. The van der Waals surface area contributed by atoms with Gasteiger partial charge in [0.2, 0.25) is 0 Å². The van der Waals surface area contributed by atoms with E-state index in [9.17, 15) is 10.1 Å². The Balaban J connectivity index is 1.97. The number of fused-ring (bicyclic) bond motifs is 3. The van der Waals surface area contributed by atoms with Gasteiger partial charge in [-0.05, 0) is 62.4 Å². The van der Waals surface area contributed by atoms with E-state index in [0.29, 0.717) is 5.16 Å². The van der Waals surface area contributed by atoms with Crippen LogP contribution in [-0.2, 0) is 12.8 Å². The predicted molar refractivity (Wildman–Crippen MR) is 109 cm³/mol. The summed E-state index contributed by atoms with van der Waals surface area (Å²) in [5.41, 5.74) is 1.86. The molecule has 1 aromatic carbocycles. The number of rotatable bonds is 4. The monoisotopic (exact) mass is 397 g/mol. The van der Waals surface area contributed by atoms with Gasteiger partial charge < -0.3 is 4.74 Å². The normalized spacial score (nSPS) is 14.6. The molecule has 7 heteroatoms. The molecule has 138 valence electrons. The van der Waals surface area contributed by atoms with Gasteiger partial charge in [0, 0.05) is 4.88 Å². The van der Waals surface area contributed by atoms with E-state index in [1.54, 1.807) is 23.0 Å². The molecule has 0 saturated carbocycles. The van der Waals surface area contributed by atoms with E-state index < -0.39 is 0 Å². The number of aryl methyl sites for hydroxylation is 2. The number of nitriles is 1. The molecule has 1 aliphatic rings. The molecule has 1 aliphatic carbocycles. The fraction of sp³-hybridized carbons (Fsp3) is 0.350. The molecule has 0 saturated heterocycles. The quantitative estimate of drug-likeness (QED) is 0.484. The molecule has 0 spiro atoms. The minimum absolute atomic E-state index is 0.0443. The molecule has 0 amide bonds. The van der Waals surface area contributed by atoms with Crippen LogP contribution in [0.3, 0.4) is 0 Å². The van der Waals surface area contributed by atoms with Crippen molar-refractivity contribution in [2.75, 3.05) is 7.11 Å². The number of thiophene rings is 1. The zero-order valence-corrected chi connectivity index (χ0v) is 16.8. The maximum Gasteiger partial charge on any atom is 0.267 e. The Hall–Kier alpha value is -2.30. The zero-order valence-electron chi connectivity index (χ0n) is 15.2. The molecule has 0 fully saturated rings. The molecular weight excluding hydrogens is 378 g/mol. The second kappa shape index (κ2) is 7.37. The van der Waals surface area contributed by atoms with E-state index in [4.69, 9.17) is 9.72 Å². The highest BCUT2D eigenvalue weighted by Crippen LogP contribution is 2.35. The Labute approximate surface area is 165 Å². The molecule has 1 atom stereocenters. The predicted octanol–water partition coefficient (Wildman–Crippen LogP) is 4.34. The van der Waals surface area contributed by atoms with Crippen LogP contribution in [0.5, 0.6) is 5.75 Å². The molecule has 0 aliphatic heterocycles. The summed E-state index contributed by atoms with van der Waals surface area (Å²) in [6.07, 6.45) is 4.24. The lowest BCUT2D eigenvalue weighted by Gasteiger charge is -2.14. The summed E-state index contributed by atoms with van der Waals surface area (Å²) in [6, 6.07) is 9.59. The van der Waals surface area contributed by atoms with Crippen LogP contribution in [0.4, 0.5) is 0 Å². The number of aromatic nitrogens is 2. The Morgan fingerprint density at radius 1 is 1.30 bits per heavy atom. The molecule has 0 N–H and O–H groups in total. The summed E-state index contributed by atoms with van der Waals surface area (Å²) >= 11 is 2.95. The number of ether oxygens (including phenoxy) is 1. The molecule has 4 rings (SSSR count). The smallest absolute Gasteiger partial charge is 0.267 e. The van der Waals surface area contributed by atoms with Gasteiger partial charge in [0.05, 0.1) is 29.5 Å². The van der Waals surface area contributed by atoms with Crippen LogP contribution in [-0.4, -0.2) is 21.9 Å². The van der Waals surface area contributed by atoms with E-state index in [2.05, 4.69) is 6.07 Å². The number of nitrogens with zero attached hydrogens (tertiary/aromatic N) is 3. The standard InChI is InChI=1S/C20H19N3O2S2/c1-12(11-21)26-20-22-18-17(15-5-3-4-6-16(15)27-18)19(24)23(20)13-7-9-14(25-2)10-8-13/h7-10,12H,3-6H2,1-2H3. The van der Waals surface area contributed by atoms with Crippen molar-refractivity contribution >= 4 is 33.3 Å². The van der Waals surface area contributed by atoms with Crippen LogP contribution in [0.2, 0.25) is 0 Å². The molecule has 27 heavy (non-hydrogen) atoms. The van der Waals surface area contributed by atoms with Gasteiger partial charge in [-0.25, -0.2) is 4.98 Å². The molecule has 0 radical (unpaired) electrons. The molecular formula is C20H19N3O2S2. The van der Waals surface area contributed by atoms with Crippen molar-refractivity contribution in [3.8, 4) is 17.5 Å². The summed E-state index contributed by atoms with van der Waals surface area (Å²) in [7, 11) is 1.61. The number of thioether (sulfide) groups is 1. The lowest BCUT2D eigenvalue weighted by Crippen LogP contribution is -2.22. The van der Waals surface area contributed by atoms with E-state index in [-0.39, 0.29) is 10.8 Å². The van der Waals surface area contributed by atoms with Crippen molar-refractivity contribution in [1.29, 1.82) is 5.26 Å². The fourth-order valence-corrected chi connectivity index (χ4v) is 5.53. The van der Waals surface area contributed by atoms with Gasteiger partial charge in [0.1, 0.15) is 10.6 Å². The van der Waals surface area contributed by atoms with Crippen molar-refractivity contribution in [3.05, 3.63) is 45.1 Å². The zero-order chi connectivity index (χ0) is 19.0. The van der Waals surface area contributed by atoms with Gasteiger partial charge in [0.15, 0.2) is 5.16 Å². The second-order valence-corrected chi connectivity index (χ2v) is 8.90. The van der Waals surface area contributed by atoms with Crippen molar-refractivity contribution < 1.29 is 4.74 Å². The van der Waals surface area contributed by atoms with Crippen LogP contribution in [0, 0.1) is 11.3 Å². The molecule has 2 aromatic heterocycles. The summed E-state index contributed by atoms with van der Waals surface area (Å²) in [4.78, 5) is 20.4. The maximum absolute atomic E-state index is 13.5. The first-order valence-corrected chi connectivity index (χ1v) is 10.6. The topological polar surface area (TPSA) is 67.9 Å². The Kier molecular flexibility index (Phi) is 4.94. The van der Waals surface area contributed by atoms with Gasteiger partial charge in [-0.15, -0.1) is 11.3 Å². The van der Waals surface area contributed by atoms with Crippen molar-refractivity contribution in [2.45, 2.75) is 43.0 Å². The molecule has 1 unspecified atom stereocenters. The SMILES string of the molecule is COc1ccc(-n2c(SC(C)C#N)nc3sc4c(c3c2=O)CCCC4)cc1. The van der Waals surface area contributed by atoms with E-state index in [1.165, 1.54) is 28.6 Å². The van der Waals surface area contributed by atoms with Crippen LogP contribution >= 0.6 is 23.1 Å². The minimum atomic E-state index is -0.298. The molecule has 3 aromatic rings. The first-order valence-electron chi connectivity index (χ1n) is 8.90. The van der Waals surface area contributed by atoms with Gasteiger partial charge in [0.25, 0.3) is 5.56 Å². The number of hydrogen-bond donors (Lipinski definition) is 0. The van der Waals surface area contributed by atoms with E-state index >= 15 is 0 Å². The third kappa shape index (κ3) is 3.24. The Morgan fingerprint density at radius 3 is 2.74 bits per heavy atom. The fourth-order valence-electron chi connectivity index (χ4n) is 3.41. The molecule has 0 bridgehead atoms. The first kappa shape index (κ1) is 18.1. The van der Waals surface area contributed by atoms with Crippen LogP contribution in [0.15, 0.2) is 34.2 Å². The highest BCUT2D eigenvalue weighted by atomic mass is 32.2. The van der Waals surface area contributed by atoms with Crippen LogP contribution < -0.4 is 10.3 Å². The van der Waals surface area contributed by atoms with Crippen LogP contribution in [0.1, 0.15) is 30.2 Å². The number of methoxy groups -OCH3 is 1. The van der Waals surface area contributed by atoms with E-state index in [0.717, 1.165) is 40.9 Å². The summed E-state index contributed by atoms with van der Waals surface area (Å²) in [6.45, 7) is 1.82. The van der Waals surface area contributed by atoms with Gasteiger partial charge >= 0.3 is 0 Å². The van der Waals surface area contributed by atoms with Crippen molar-refractivity contribution in [2.24, 2.45) is 0 Å². The van der Waals surface area contributed by atoms with Gasteiger partial charge in [-0.1, -0.05) is 11.8 Å². The average Bonchev–Trinajstić information content (AvgIpc) is 3.06. The number of benzene rings is 1. The Bertz CT molecular complexity index is 1090. The molecule has 2 heterocycles. The third-order valence-corrected chi connectivity index (χ3v) is 6.88. The largest absolute Gasteiger partial charge is 0.497 e. The molecule has 5 nitrogen and oxygen atoms in total. The minimum Gasteiger partial charge on any atom is -0.497 e. The second-order valence-electron chi connectivity index (χ2n) is 6.51. The van der Waals surface area contributed by atoms with E-state index in [1.807, 2.05) is 31.2 Å². The van der Waals surface area contributed by atoms with Gasteiger partial charge in [-0.2, -0.15) is 5.26 Å². The summed E-state index contributed by atoms with van der Waals surface area (Å²) < 4.78 is 6.87. The average molecular weight is 398 g/mol. The van der Waals surface area contributed by atoms with Crippen LogP contribution in [0.25, 0.3) is 15.9 Å². The lowest BCUT2D eigenvalue weighted by atomic mass is 9.97. The van der Waals surface area contributed by atoms with Gasteiger partial charge in [-0.3, -0.25) is 9.36 Å². The summed E-state index contributed by atoms with van der Waals surface area (Å²) in [5.74, 6) is 0.730. The lowest BCUT2D eigenvalue weighted by molar-refractivity contribution is 0.414.